The van der Waals surface area contributed by atoms with E-state index in [2.05, 4.69) is 10.2 Å². The average molecular weight is 475 g/mol. The van der Waals surface area contributed by atoms with Crippen LogP contribution in [0, 0.1) is 0 Å². The molecule has 0 aliphatic carbocycles. The maximum absolute atomic E-state index is 12.9. The molecule has 1 aromatic carbocycles. The van der Waals surface area contributed by atoms with E-state index in [9.17, 15) is 35.9 Å². The molecule has 1 unspecified atom stereocenters. The first-order valence-corrected chi connectivity index (χ1v) is 9.10. The number of nitrogens with one attached hydrogen (secondary N) is 1. The lowest BCUT2D eigenvalue weighted by Gasteiger charge is -2.19. The molecule has 2 aromatic heterocycles. The summed E-state index contributed by atoms with van der Waals surface area (Å²) in [5.41, 5.74) is -2.88. The fourth-order valence-corrected chi connectivity index (χ4v) is 2.79. The first kappa shape index (κ1) is 24.0. The Morgan fingerprint density at radius 2 is 1.79 bits per heavy atom. The number of benzene rings is 1. The largest absolute Gasteiger partial charge is 0.416 e. The second kappa shape index (κ2) is 8.69. The number of halogens is 6. The quantitative estimate of drug-likeness (QED) is 0.552. The molecule has 3 aromatic rings. The standard InChI is InChI=1S/C19H15F6N5O3/c1-29-8-12(7-26-29)30-17(33)13(16(32)27-15(9-31)19(23,24)25)6-14(28-30)10-2-4-11(5-3-10)18(20,21)22/h2-8,15,31H,9H2,1H3,(H,27,32). The van der Waals surface area contributed by atoms with Crippen molar-refractivity contribution in [2.45, 2.75) is 18.4 Å². The van der Waals surface area contributed by atoms with Crippen LogP contribution in [0.5, 0.6) is 0 Å². The molecule has 2 N–H and O–H groups in total. The Balaban J connectivity index is 2.13. The van der Waals surface area contributed by atoms with Crippen molar-refractivity contribution in [2.24, 2.45) is 7.05 Å². The van der Waals surface area contributed by atoms with Crippen molar-refractivity contribution in [3.63, 3.8) is 0 Å². The van der Waals surface area contributed by atoms with Crippen LogP contribution in [0.4, 0.5) is 26.3 Å². The molecule has 0 saturated carbocycles. The predicted molar refractivity (Wildman–Crippen MR) is 101 cm³/mol. The second-order valence-electron chi connectivity index (χ2n) is 6.86. The van der Waals surface area contributed by atoms with Gasteiger partial charge >= 0.3 is 12.4 Å². The Morgan fingerprint density at radius 1 is 1.15 bits per heavy atom. The highest BCUT2D eigenvalue weighted by atomic mass is 19.4. The zero-order valence-electron chi connectivity index (χ0n) is 16.6. The molecule has 8 nitrogen and oxygen atoms in total. The normalized spacial score (nSPS) is 13.1. The number of carbonyl (C=O) groups excluding carboxylic acids is 1. The third kappa shape index (κ3) is 5.22. The first-order valence-electron chi connectivity index (χ1n) is 9.10. The van der Waals surface area contributed by atoms with Crippen LogP contribution in [0.25, 0.3) is 16.9 Å². The molecule has 14 heteroatoms. The number of hydrogen-bond donors (Lipinski definition) is 2. The molecular formula is C19H15F6N5O3. The fourth-order valence-electron chi connectivity index (χ4n) is 2.79. The average Bonchev–Trinajstić information content (AvgIpc) is 3.16. The molecule has 0 aliphatic heterocycles. The van der Waals surface area contributed by atoms with Crippen molar-refractivity contribution >= 4 is 5.91 Å². The molecule has 33 heavy (non-hydrogen) atoms. The van der Waals surface area contributed by atoms with Crippen molar-refractivity contribution in [3.05, 3.63) is 64.2 Å². The number of alkyl halides is 6. The highest BCUT2D eigenvalue weighted by Gasteiger charge is 2.40. The summed E-state index contributed by atoms with van der Waals surface area (Å²) < 4.78 is 79.4. The van der Waals surface area contributed by atoms with Crippen molar-refractivity contribution in [1.82, 2.24) is 24.9 Å². The molecule has 0 radical (unpaired) electrons. The predicted octanol–water partition coefficient (Wildman–Crippen LogP) is 2.30. The zero-order valence-corrected chi connectivity index (χ0v) is 16.6. The number of aliphatic hydroxyl groups excluding tert-OH is 1. The van der Waals surface area contributed by atoms with E-state index < -0.39 is 47.6 Å². The molecule has 1 atom stereocenters. The highest BCUT2D eigenvalue weighted by Crippen LogP contribution is 2.30. The molecule has 0 aliphatic rings. The van der Waals surface area contributed by atoms with Gasteiger partial charge in [0.25, 0.3) is 11.5 Å². The Hall–Kier alpha value is -3.68. The molecule has 2 heterocycles. The Kier molecular flexibility index (Phi) is 6.31. The SMILES string of the molecule is Cn1cc(-n2nc(-c3ccc(C(F)(F)F)cc3)cc(C(=O)NC(CO)C(F)(F)F)c2=O)cn1. The van der Waals surface area contributed by atoms with Gasteiger partial charge in [0.1, 0.15) is 17.3 Å². The zero-order chi connectivity index (χ0) is 24.6. The number of amides is 1. The van der Waals surface area contributed by atoms with Gasteiger partial charge in [-0.25, -0.2) is 0 Å². The Bertz CT molecular complexity index is 1210. The van der Waals surface area contributed by atoms with Crippen molar-refractivity contribution in [3.8, 4) is 16.9 Å². The first-order chi connectivity index (χ1) is 15.3. The van der Waals surface area contributed by atoms with Crippen molar-refractivity contribution in [2.75, 3.05) is 6.61 Å². The number of rotatable bonds is 5. The summed E-state index contributed by atoms with van der Waals surface area (Å²) >= 11 is 0. The van der Waals surface area contributed by atoms with Gasteiger partial charge in [0.15, 0.2) is 0 Å². The smallest absolute Gasteiger partial charge is 0.394 e. The number of nitrogens with zero attached hydrogens (tertiary/aromatic N) is 4. The van der Waals surface area contributed by atoms with Crippen LogP contribution in [0.1, 0.15) is 15.9 Å². The summed E-state index contributed by atoms with van der Waals surface area (Å²) in [7, 11) is 1.51. The third-order valence-electron chi connectivity index (χ3n) is 4.48. The topological polar surface area (TPSA) is 102 Å². The number of hydrogen-bond acceptors (Lipinski definition) is 5. The van der Waals surface area contributed by atoms with Crippen LogP contribution in [-0.4, -0.2) is 49.4 Å². The van der Waals surface area contributed by atoms with Crippen molar-refractivity contribution < 1.29 is 36.2 Å². The third-order valence-corrected chi connectivity index (χ3v) is 4.48. The van der Waals surface area contributed by atoms with Gasteiger partial charge in [0.05, 0.1) is 30.3 Å². The lowest BCUT2D eigenvalue weighted by atomic mass is 10.1. The number of aryl methyl sites for hydroxylation is 1. The summed E-state index contributed by atoms with van der Waals surface area (Å²) in [4.78, 5) is 25.3. The number of aromatic nitrogens is 4. The van der Waals surface area contributed by atoms with E-state index in [1.165, 1.54) is 29.4 Å². The molecule has 0 bridgehead atoms. The van der Waals surface area contributed by atoms with Crippen LogP contribution in [-0.2, 0) is 13.2 Å². The van der Waals surface area contributed by atoms with E-state index in [-0.39, 0.29) is 16.9 Å². The lowest BCUT2D eigenvalue weighted by molar-refractivity contribution is -0.161. The van der Waals surface area contributed by atoms with E-state index in [4.69, 9.17) is 5.11 Å². The minimum atomic E-state index is -4.99. The molecule has 0 saturated heterocycles. The van der Waals surface area contributed by atoms with Gasteiger partial charge in [-0.2, -0.15) is 41.2 Å². The van der Waals surface area contributed by atoms with Gasteiger partial charge in [-0.1, -0.05) is 12.1 Å². The Labute approximate surface area is 181 Å². The van der Waals surface area contributed by atoms with E-state index in [0.717, 1.165) is 30.3 Å². The van der Waals surface area contributed by atoms with E-state index in [0.29, 0.717) is 4.68 Å². The highest BCUT2D eigenvalue weighted by molar-refractivity contribution is 5.95. The number of carbonyl (C=O) groups is 1. The van der Waals surface area contributed by atoms with E-state index >= 15 is 0 Å². The fraction of sp³-hybridized carbons (Fsp3) is 0.263. The molecular weight excluding hydrogens is 460 g/mol. The molecule has 0 spiro atoms. The summed E-state index contributed by atoms with van der Waals surface area (Å²) in [6.45, 7) is -1.47. The van der Waals surface area contributed by atoms with Crippen LogP contribution in [0.3, 0.4) is 0 Å². The Morgan fingerprint density at radius 3 is 2.27 bits per heavy atom. The minimum absolute atomic E-state index is 0.0554. The van der Waals surface area contributed by atoms with Crippen LogP contribution < -0.4 is 10.9 Å². The lowest BCUT2D eigenvalue weighted by Crippen LogP contribution is -2.49. The van der Waals surface area contributed by atoms with Crippen LogP contribution in [0.15, 0.2) is 47.5 Å². The maximum Gasteiger partial charge on any atom is 0.416 e. The molecule has 176 valence electrons. The molecule has 3 rings (SSSR count). The van der Waals surface area contributed by atoms with Gasteiger partial charge < -0.3 is 10.4 Å². The van der Waals surface area contributed by atoms with Gasteiger partial charge in [0.2, 0.25) is 0 Å². The minimum Gasteiger partial charge on any atom is -0.394 e. The molecule has 1 amide bonds. The van der Waals surface area contributed by atoms with Gasteiger partial charge in [-0.3, -0.25) is 14.3 Å². The number of aliphatic hydroxyl groups is 1. The summed E-state index contributed by atoms with van der Waals surface area (Å²) in [5, 5.41) is 18.4. The van der Waals surface area contributed by atoms with Crippen molar-refractivity contribution in [1.29, 1.82) is 0 Å². The van der Waals surface area contributed by atoms with E-state index in [1.54, 1.807) is 0 Å². The van der Waals surface area contributed by atoms with Gasteiger partial charge in [0, 0.05) is 12.6 Å². The summed E-state index contributed by atoms with van der Waals surface area (Å²) in [6, 6.07) is 1.80. The van der Waals surface area contributed by atoms with Crippen LogP contribution >= 0.6 is 0 Å². The second-order valence-corrected chi connectivity index (χ2v) is 6.86. The van der Waals surface area contributed by atoms with Gasteiger partial charge in [-0.15, -0.1) is 0 Å². The molecule has 0 fully saturated rings. The van der Waals surface area contributed by atoms with Gasteiger partial charge in [-0.05, 0) is 18.2 Å². The van der Waals surface area contributed by atoms with Crippen LogP contribution in [0.2, 0.25) is 0 Å². The maximum atomic E-state index is 12.9. The van der Waals surface area contributed by atoms with E-state index in [1.807, 2.05) is 0 Å². The monoisotopic (exact) mass is 475 g/mol. The summed E-state index contributed by atoms with van der Waals surface area (Å²) in [6.07, 6.45) is -7.07. The summed E-state index contributed by atoms with van der Waals surface area (Å²) in [5.74, 6) is -1.45.